The number of carbonyl (C=O) groups is 1. The lowest BCUT2D eigenvalue weighted by Gasteiger charge is -2.19. The van der Waals surface area contributed by atoms with Crippen LogP contribution in [0.4, 0.5) is 0 Å². The van der Waals surface area contributed by atoms with E-state index in [0.29, 0.717) is 6.54 Å². The molecular formula is C13H17Br2NOS. The molecule has 1 aromatic heterocycles. The summed E-state index contributed by atoms with van der Waals surface area (Å²) in [7, 11) is 2.05. The number of hydrogen-bond acceptors (Lipinski definition) is 3. The van der Waals surface area contributed by atoms with Crippen molar-refractivity contribution in [2.75, 3.05) is 20.1 Å². The molecule has 18 heavy (non-hydrogen) atoms. The minimum absolute atomic E-state index is 0.198. The summed E-state index contributed by atoms with van der Waals surface area (Å²) in [5.41, 5.74) is 0.796. The zero-order valence-electron chi connectivity index (χ0n) is 10.4. The SMILES string of the molecule is CN(CC(=O)c1cc(Br)sc1Br)CC1CCCC1. The number of likely N-dealkylation sites (N-methyl/N-ethyl adjacent to an activating group) is 1. The number of nitrogens with zero attached hydrogens (tertiary/aromatic N) is 1. The van der Waals surface area contributed by atoms with Gasteiger partial charge in [0.15, 0.2) is 5.78 Å². The van der Waals surface area contributed by atoms with E-state index in [1.807, 2.05) is 13.1 Å². The molecule has 1 aliphatic rings. The standard InChI is InChI=1S/C13H17Br2NOS/c1-16(7-9-4-2-3-5-9)8-11(17)10-6-12(14)18-13(10)15/h6,9H,2-5,7-8H2,1H3. The van der Waals surface area contributed by atoms with Crippen molar-refractivity contribution >= 4 is 49.0 Å². The zero-order valence-corrected chi connectivity index (χ0v) is 14.4. The fourth-order valence-electron chi connectivity index (χ4n) is 2.56. The second-order valence-corrected chi connectivity index (χ2v) is 8.76. The maximum atomic E-state index is 12.2. The Hall–Kier alpha value is 0.290. The number of carbonyl (C=O) groups excluding carboxylic acids is 1. The van der Waals surface area contributed by atoms with Crippen molar-refractivity contribution in [2.24, 2.45) is 5.92 Å². The average Bonchev–Trinajstić information content (AvgIpc) is 2.88. The van der Waals surface area contributed by atoms with Crippen LogP contribution >= 0.6 is 43.2 Å². The predicted molar refractivity (Wildman–Crippen MR) is 83.5 cm³/mol. The van der Waals surface area contributed by atoms with Crippen molar-refractivity contribution in [1.29, 1.82) is 0 Å². The Morgan fingerprint density at radius 3 is 2.67 bits per heavy atom. The molecular weight excluding hydrogens is 378 g/mol. The number of rotatable bonds is 5. The summed E-state index contributed by atoms with van der Waals surface area (Å²) in [5.74, 6) is 0.991. The summed E-state index contributed by atoms with van der Waals surface area (Å²) >= 11 is 8.41. The van der Waals surface area contributed by atoms with Crippen molar-refractivity contribution in [3.8, 4) is 0 Å². The molecule has 5 heteroatoms. The fourth-order valence-corrected chi connectivity index (χ4v) is 5.41. The van der Waals surface area contributed by atoms with Crippen molar-refractivity contribution in [1.82, 2.24) is 4.90 Å². The Balaban J connectivity index is 1.88. The van der Waals surface area contributed by atoms with Gasteiger partial charge in [-0.3, -0.25) is 9.69 Å². The van der Waals surface area contributed by atoms with Gasteiger partial charge in [-0.25, -0.2) is 0 Å². The Morgan fingerprint density at radius 1 is 1.44 bits per heavy atom. The molecule has 0 N–H and O–H groups in total. The number of hydrogen-bond donors (Lipinski definition) is 0. The second-order valence-electron chi connectivity index (χ2n) is 5.01. The van der Waals surface area contributed by atoms with E-state index in [0.717, 1.165) is 25.6 Å². The van der Waals surface area contributed by atoms with Crippen LogP contribution < -0.4 is 0 Å². The van der Waals surface area contributed by atoms with Gasteiger partial charge in [0.05, 0.1) is 14.1 Å². The van der Waals surface area contributed by atoms with E-state index in [9.17, 15) is 4.79 Å². The van der Waals surface area contributed by atoms with Gasteiger partial charge < -0.3 is 0 Å². The van der Waals surface area contributed by atoms with E-state index in [-0.39, 0.29) is 5.78 Å². The van der Waals surface area contributed by atoms with Crippen LogP contribution in [0.3, 0.4) is 0 Å². The topological polar surface area (TPSA) is 20.3 Å². The van der Waals surface area contributed by atoms with Gasteiger partial charge in [0.25, 0.3) is 0 Å². The molecule has 100 valence electrons. The molecule has 1 aromatic rings. The number of halogens is 2. The first-order chi connectivity index (χ1) is 8.56. The van der Waals surface area contributed by atoms with Crippen LogP contribution in [0, 0.1) is 5.92 Å². The van der Waals surface area contributed by atoms with Crippen molar-refractivity contribution in [3.05, 3.63) is 19.2 Å². The molecule has 0 radical (unpaired) electrons. The normalized spacial score (nSPS) is 16.7. The molecule has 1 saturated carbocycles. The molecule has 1 fully saturated rings. The zero-order chi connectivity index (χ0) is 13.1. The van der Waals surface area contributed by atoms with Crippen molar-refractivity contribution < 1.29 is 4.79 Å². The van der Waals surface area contributed by atoms with Gasteiger partial charge in [-0.05, 0) is 63.7 Å². The third-order valence-corrected chi connectivity index (χ3v) is 5.75. The van der Waals surface area contributed by atoms with Gasteiger partial charge >= 0.3 is 0 Å². The lowest BCUT2D eigenvalue weighted by Crippen LogP contribution is -2.30. The maximum Gasteiger partial charge on any atom is 0.178 e. The monoisotopic (exact) mass is 393 g/mol. The molecule has 0 saturated heterocycles. The van der Waals surface area contributed by atoms with Crippen LogP contribution in [0.25, 0.3) is 0 Å². The number of thiophene rings is 1. The van der Waals surface area contributed by atoms with E-state index in [2.05, 4.69) is 36.8 Å². The largest absolute Gasteiger partial charge is 0.299 e. The van der Waals surface area contributed by atoms with Crippen LogP contribution in [0.2, 0.25) is 0 Å². The Morgan fingerprint density at radius 2 is 2.11 bits per heavy atom. The molecule has 2 nitrogen and oxygen atoms in total. The molecule has 0 spiro atoms. The minimum atomic E-state index is 0.198. The van der Waals surface area contributed by atoms with Crippen molar-refractivity contribution in [3.63, 3.8) is 0 Å². The minimum Gasteiger partial charge on any atom is -0.299 e. The van der Waals surface area contributed by atoms with Gasteiger partial charge in [0, 0.05) is 12.1 Å². The number of Topliss-reactive ketones (excluding diaryl/α,β-unsaturated/α-hetero) is 1. The van der Waals surface area contributed by atoms with Crippen molar-refractivity contribution in [2.45, 2.75) is 25.7 Å². The van der Waals surface area contributed by atoms with Gasteiger partial charge in [0.1, 0.15) is 0 Å². The van der Waals surface area contributed by atoms with Crippen LogP contribution in [-0.4, -0.2) is 30.8 Å². The Labute approximate surface area is 129 Å². The lowest BCUT2D eigenvalue weighted by atomic mass is 10.1. The highest BCUT2D eigenvalue weighted by atomic mass is 79.9. The molecule has 0 atom stereocenters. The van der Waals surface area contributed by atoms with Gasteiger partial charge in [-0.2, -0.15) is 0 Å². The first kappa shape index (κ1) is 14.7. The summed E-state index contributed by atoms with van der Waals surface area (Å²) in [5, 5.41) is 0. The summed E-state index contributed by atoms with van der Waals surface area (Å²) < 4.78 is 1.92. The summed E-state index contributed by atoms with van der Waals surface area (Å²) in [6.45, 7) is 1.56. The molecule has 1 aliphatic carbocycles. The van der Waals surface area contributed by atoms with E-state index in [4.69, 9.17) is 0 Å². The van der Waals surface area contributed by atoms with Crippen LogP contribution in [0.15, 0.2) is 13.6 Å². The fraction of sp³-hybridized carbons (Fsp3) is 0.615. The molecule has 0 unspecified atom stereocenters. The van der Waals surface area contributed by atoms with Gasteiger partial charge in [-0.1, -0.05) is 12.8 Å². The highest BCUT2D eigenvalue weighted by molar-refractivity contribution is 9.12. The third-order valence-electron chi connectivity index (χ3n) is 3.42. The lowest BCUT2D eigenvalue weighted by molar-refractivity contribution is 0.0938. The molecule has 0 aromatic carbocycles. The first-order valence-electron chi connectivity index (χ1n) is 6.23. The van der Waals surface area contributed by atoms with E-state index in [1.54, 1.807) is 11.3 Å². The average molecular weight is 395 g/mol. The predicted octanol–water partition coefficient (Wildman–Crippen LogP) is 4.58. The molecule has 0 aliphatic heterocycles. The summed E-state index contributed by atoms with van der Waals surface area (Å²) in [6.07, 6.45) is 5.36. The maximum absolute atomic E-state index is 12.2. The first-order valence-corrected chi connectivity index (χ1v) is 8.63. The smallest absolute Gasteiger partial charge is 0.178 e. The van der Waals surface area contributed by atoms with Crippen LogP contribution in [-0.2, 0) is 0 Å². The molecule has 0 bridgehead atoms. The Bertz CT molecular complexity index is 427. The Kier molecular flexibility index (Phi) is 5.42. The van der Waals surface area contributed by atoms with E-state index in [1.165, 1.54) is 25.7 Å². The van der Waals surface area contributed by atoms with Crippen LogP contribution in [0.5, 0.6) is 0 Å². The van der Waals surface area contributed by atoms with Gasteiger partial charge in [-0.15, -0.1) is 11.3 Å². The van der Waals surface area contributed by atoms with E-state index < -0.39 is 0 Å². The van der Waals surface area contributed by atoms with Gasteiger partial charge in [0.2, 0.25) is 0 Å². The molecule has 0 amide bonds. The van der Waals surface area contributed by atoms with E-state index >= 15 is 0 Å². The molecule has 1 heterocycles. The highest BCUT2D eigenvalue weighted by Crippen LogP contribution is 2.32. The van der Waals surface area contributed by atoms with Crippen LogP contribution in [0.1, 0.15) is 36.0 Å². The molecule has 2 rings (SSSR count). The quantitative estimate of drug-likeness (QED) is 0.681. The highest BCUT2D eigenvalue weighted by Gasteiger charge is 2.20. The number of ketones is 1. The second kappa shape index (κ2) is 6.64. The summed E-state index contributed by atoms with van der Waals surface area (Å²) in [4.78, 5) is 14.3. The summed E-state index contributed by atoms with van der Waals surface area (Å²) in [6, 6.07) is 1.90. The third kappa shape index (κ3) is 3.89.